The Labute approximate surface area is 162 Å². The molecule has 2 aromatic rings. The minimum absolute atomic E-state index is 0.181. The van der Waals surface area contributed by atoms with E-state index in [1.54, 1.807) is 0 Å². The van der Waals surface area contributed by atoms with Crippen LogP contribution in [0.5, 0.6) is 0 Å². The molecular formula is C24H29ClO. The van der Waals surface area contributed by atoms with Gasteiger partial charge in [-0.2, -0.15) is 0 Å². The van der Waals surface area contributed by atoms with Crippen LogP contribution in [0.15, 0.2) is 42.5 Å². The molecule has 1 unspecified atom stereocenters. The van der Waals surface area contributed by atoms with E-state index in [1.807, 2.05) is 0 Å². The Morgan fingerprint density at radius 1 is 0.923 bits per heavy atom. The predicted molar refractivity (Wildman–Crippen MR) is 110 cm³/mol. The number of halogens is 1. The first-order chi connectivity index (χ1) is 12.7. The molecule has 2 aliphatic rings. The van der Waals surface area contributed by atoms with E-state index in [1.165, 1.54) is 66.3 Å². The molecule has 0 spiro atoms. The molecule has 1 aliphatic heterocycles. The standard InChI is InChI=1S/C24H29ClO/c1-2-3-17-4-6-18(7-5-17)19-8-10-20(11-9-19)21-12-13-22-15-24(25)26-16-23(22)14-21/h8-14,17-18,24H,2-7,15-16H2,1H3. The molecular weight excluding hydrogens is 340 g/mol. The van der Waals surface area contributed by atoms with Gasteiger partial charge < -0.3 is 4.74 Å². The summed E-state index contributed by atoms with van der Waals surface area (Å²) in [6.45, 7) is 2.93. The van der Waals surface area contributed by atoms with Crippen LogP contribution in [0, 0.1) is 5.92 Å². The van der Waals surface area contributed by atoms with Crippen LogP contribution in [0.3, 0.4) is 0 Å². The Morgan fingerprint density at radius 2 is 1.65 bits per heavy atom. The van der Waals surface area contributed by atoms with Crippen molar-refractivity contribution in [2.45, 2.75) is 70.0 Å². The van der Waals surface area contributed by atoms with Crippen molar-refractivity contribution >= 4 is 11.6 Å². The number of rotatable bonds is 4. The lowest BCUT2D eigenvalue weighted by atomic mass is 9.77. The summed E-state index contributed by atoms with van der Waals surface area (Å²) in [6.07, 6.45) is 9.09. The Bertz CT molecular complexity index is 728. The number of benzene rings is 2. The second-order valence-corrected chi connectivity index (χ2v) is 8.52. The fourth-order valence-corrected chi connectivity index (χ4v) is 4.92. The van der Waals surface area contributed by atoms with Crippen LogP contribution in [0.4, 0.5) is 0 Å². The number of hydrogen-bond acceptors (Lipinski definition) is 1. The third-order valence-corrected chi connectivity index (χ3v) is 6.55. The maximum absolute atomic E-state index is 6.10. The third kappa shape index (κ3) is 4.00. The highest BCUT2D eigenvalue weighted by Gasteiger charge is 2.22. The zero-order valence-corrected chi connectivity index (χ0v) is 16.5. The van der Waals surface area contributed by atoms with E-state index in [9.17, 15) is 0 Å². The lowest BCUT2D eigenvalue weighted by Gasteiger charge is -2.28. The van der Waals surface area contributed by atoms with E-state index in [2.05, 4.69) is 49.4 Å². The first-order valence-electron chi connectivity index (χ1n) is 10.2. The Balaban J connectivity index is 1.45. The molecule has 1 heterocycles. The Morgan fingerprint density at radius 3 is 2.38 bits per heavy atom. The van der Waals surface area contributed by atoms with Crippen molar-refractivity contribution in [1.82, 2.24) is 0 Å². The van der Waals surface area contributed by atoms with E-state index in [0.29, 0.717) is 6.61 Å². The number of fused-ring (bicyclic) bond motifs is 1. The number of ether oxygens (including phenoxy) is 1. The normalized spacial score (nSPS) is 25.7. The second kappa shape index (κ2) is 8.15. The first-order valence-corrected chi connectivity index (χ1v) is 10.6. The molecule has 0 aromatic heterocycles. The van der Waals surface area contributed by atoms with Gasteiger partial charge in [0.2, 0.25) is 0 Å². The highest BCUT2D eigenvalue weighted by atomic mass is 35.5. The molecule has 1 saturated carbocycles. The van der Waals surface area contributed by atoms with Gasteiger partial charge in [-0.15, -0.1) is 0 Å². The van der Waals surface area contributed by atoms with Gasteiger partial charge in [0, 0.05) is 6.42 Å². The highest BCUT2D eigenvalue weighted by molar-refractivity contribution is 6.19. The lowest BCUT2D eigenvalue weighted by Crippen LogP contribution is -2.16. The smallest absolute Gasteiger partial charge is 0.135 e. The molecule has 0 amide bonds. The fourth-order valence-electron chi connectivity index (χ4n) is 4.69. The molecule has 0 saturated heterocycles. The van der Waals surface area contributed by atoms with Crippen molar-refractivity contribution in [2.24, 2.45) is 5.92 Å². The van der Waals surface area contributed by atoms with Gasteiger partial charge in [0.05, 0.1) is 6.61 Å². The molecule has 1 aliphatic carbocycles. The molecule has 0 bridgehead atoms. The summed E-state index contributed by atoms with van der Waals surface area (Å²) in [4.78, 5) is 0. The number of hydrogen-bond donors (Lipinski definition) is 0. The highest BCUT2D eigenvalue weighted by Crippen LogP contribution is 2.38. The van der Waals surface area contributed by atoms with Crippen LogP contribution in [0.25, 0.3) is 11.1 Å². The van der Waals surface area contributed by atoms with Crippen LogP contribution < -0.4 is 0 Å². The van der Waals surface area contributed by atoms with Crippen molar-refractivity contribution in [2.75, 3.05) is 0 Å². The van der Waals surface area contributed by atoms with Gasteiger partial charge in [-0.1, -0.05) is 67.8 Å². The van der Waals surface area contributed by atoms with E-state index in [-0.39, 0.29) is 5.56 Å². The van der Waals surface area contributed by atoms with Gasteiger partial charge in [0.25, 0.3) is 0 Å². The molecule has 1 atom stereocenters. The van der Waals surface area contributed by atoms with Gasteiger partial charge in [-0.05, 0) is 71.4 Å². The van der Waals surface area contributed by atoms with Crippen molar-refractivity contribution in [3.8, 4) is 11.1 Å². The SMILES string of the molecule is CCCC1CCC(c2ccc(-c3ccc4c(c3)COC(Cl)C4)cc2)CC1. The van der Waals surface area contributed by atoms with Crippen LogP contribution in [-0.4, -0.2) is 5.56 Å². The summed E-state index contributed by atoms with van der Waals surface area (Å²) in [6, 6.07) is 16.0. The molecule has 1 nitrogen and oxygen atoms in total. The van der Waals surface area contributed by atoms with Crippen molar-refractivity contribution in [3.05, 3.63) is 59.2 Å². The zero-order valence-electron chi connectivity index (χ0n) is 15.7. The second-order valence-electron chi connectivity index (χ2n) is 8.04. The summed E-state index contributed by atoms with van der Waals surface area (Å²) in [5.41, 5.74) is 6.51. The molecule has 0 N–H and O–H groups in total. The van der Waals surface area contributed by atoms with E-state index in [4.69, 9.17) is 16.3 Å². The topological polar surface area (TPSA) is 9.23 Å². The zero-order chi connectivity index (χ0) is 17.9. The largest absolute Gasteiger partial charge is 0.357 e. The van der Waals surface area contributed by atoms with Gasteiger partial charge in [0.1, 0.15) is 5.56 Å². The Kier molecular flexibility index (Phi) is 5.66. The molecule has 2 heteroatoms. The van der Waals surface area contributed by atoms with Crippen molar-refractivity contribution < 1.29 is 4.74 Å². The minimum Gasteiger partial charge on any atom is -0.357 e. The molecule has 2 aromatic carbocycles. The van der Waals surface area contributed by atoms with Crippen molar-refractivity contribution in [3.63, 3.8) is 0 Å². The summed E-state index contributed by atoms with van der Waals surface area (Å²) in [5.74, 6) is 1.73. The molecule has 138 valence electrons. The van der Waals surface area contributed by atoms with Crippen LogP contribution in [0.1, 0.15) is 68.1 Å². The molecule has 0 radical (unpaired) electrons. The third-order valence-electron chi connectivity index (χ3n) is 6.27. The predicted octanol–water partition coefficient (Wildman–Crippen LogP) is 7.07. The maximum atomic E-state index is 6.10. The van der Waals surface area contributed by atoms with Gasteiger partial charge in [-0.25, -0.2) is 0 Å². The average Bonchev–Trinajstić information content (AvgIpc) is 2.69. The molecule has 1 fully saturated rings. The quantitative estimate of drug-likeness (QED) is 0.524. The van der Waals surface area contributed by atoms with Crippen LogP contribution in [0.2, 0.25) is 0 Å². The summed E-state index contributed by atoms with van der Waals surface area (Å²) in [7, 11) is 0. The maximum Gasteiger partial charge on any atom is 0.135 e. The van der Waals surface area contributed by atoms with Gasteiger partial charge >= 0.3 is 0 Å². The Hall–Kier alpha value is -1.31. The van der Waals surface area contributed by atoms with E-state index in [0.717, 1.165) is 18.3 Å². The molecule has 4 rings (SSSR count). The first kappa shape index (κ1) is 18.1. The monoisotopic (exact) mass is 368 g/mol. The van der Waals surface area contributed by atoms with Gasteiger partial charge in [-0.3, -0.25) is 0 Å². The van der Waals surface area contributed by atoms with Crippen LogP contribution in [-0.2, 0) is 17.8 Å². The summed E-state index contributed by atoms with van der Waals surface area (Å²) >= 11 is 6.10. The minimum atomic E-state index is -0.181. The fraction of sp³-hybridized carbons (Fsp3) is 0.500. The number of alkyl halides is 1. The van der Waals surface area contributed by atoms with Gasteiger partial charge in [0.15, 0.2) is 0 Å². The summed E-state index contributed by atoms with van der Waals surface area (Å²) < 4.78 is 5.58. The van der Waals surface area contributed by atoms with E-state index < -0.39 is 0 Å². The van der Waals surface area contributed by atoms with Crippen molar-refractivity contribution in [1.29, 1.82) is 0 Å². The summed E-state index contributed by atoms with van der Waals surface area (Å²) in [5, 5.41) is 0. The van der Waals surface area contributed by atoms with Crippen LogP contribution >= 0.6 is 11.6 Å². The lowest BCUT2D eigenvalue weighted by molar-refractivity contribution is 0.0813. The average molecular weight is 369 g/mol. The molecule has 26 heavy (non-hydrogen) atoms. The van der Waals surface area contributed by atoms with E-state index >= 15 is 0 Å².